The second-order valence-corrected chi connectivity index (χ2v) is 11.7. The molecule has 3 rings (SSSR count). The molecule has 184 valence electrons. The van der Waals surface area contributed by atoms with Gasteiger partial charge in [-0.3, -0.25) is 9.69 Å². The van der Waals surface area contributed by atoms with Crippen molar-refractivity contribution in [2.75, 3.05) is 39.3 Å². The number of fused-ring (bicyclic) bond motifs is 1. The number of rotatable bonds is 7. The Morgan fingerprint density at radius 1 is 1.09 bits per heavy atom. The summed E-state index contributed by atoms with van der Waals surface area (Å²) in [6.07, 6.45) is 1.91. The van der Waals surface area contributed by atoms with Gasteiger partial charge < -0.3 is 9.47 Å². The van der Waals surface area contributed by atoms with Crippen LogP contribution in [-0.2, 0) is 28.3 Å². The van der Waals surface area contributed by atoms with Crippen LogP contribution in [0.15, 0.2) is 23.1 Å². The maximum atomic E-state index is 12.9. The smallest absolute Gasteiger partial charge is 0.243 e. The first kappa shape index (κ1) is 25.6. The van der Waals surface area contributed by atoms with E-state index in [2.05, 4.69) is 30.7 Å². The van der Waals surface area contributed by atoms with E-state index >= 15 is 0 Å². The lowest BCUT2D eigenvalue weighted by atomic mass is 10.1. The molecular formula is C24H39N5O3S. The predicted octanol–water partition coefficient (Wildman–Crippen LogP) is 2.87. The minimum Gasteiger partial charge on any atom is -0.341 e. The largest absolute Gasteiger partial charge is 0.341 e. The molecule has 0 N–H and O–H groups in total. The zero-order valence-corrected chi connectivity index (χ0v) is 21.8. The number of imidazole rings is 1. The Kier molecular flexibility index (Phi) is 7.86. The van der Waals surface area contributed by atoms with Crippen molar-refractivity contribution in [3.05, 3.63) is 24.0 Å². The zero-order chi connectivity index (χ0) is 24.4. The zero-order valence-electron chi connectivity index (χ0n) is 21.0. The van der Waals surface area contributed by atoms with E-state index in [1.54, 1.807) is 18.2 Å². The fraction of sp³-hybridized carbons (Fsp3) is 0.667. The number of aromatic nitrogens is 2. The van der Waals surface area contributed by atoms with E-state index in [4.69, 9.17) is 0 Å². The van der Waals surface area contributed by atoms with Gasteiger partial charge in [-0.1, -0.05) is 13.8 Å². The molecule has 1 saturated heterocycles. The number of hydrogen-bond donors (Lipinski definition) is 0. The second-order valence-electron chi connectivity index (χ2n) is 9.72. The third kappa shape index (κ3) is 5.58. The summed E-state index contributed by atoms with van der Waals surface area (Å²) >= 11 is 0. The summed E-state index contributed by atoms with van der Waals surface area (Å²) in [4.78, 5) is 22.3. The van der Waals surface area contributed by atoms with Crippen LogP contribution in [0.5, 0.6) is 0 Å². The van der Waals surface area contributed by atoms with Crippen molar-refractivity contribution < 1.29 is 13.2 Å². The summed E-state index contributed by atoms with van der Waals surface area (Å²) in [6.45, 7) is 14.6. The Morgan fingerprint density at radius 3 is 2.42 bits per heavy atom. The Bertz CT molecular complexity index is 1080. The van der Waals surface area contributed by atoms with Crippen LogP contribution in [0.25, 0.3) is 11.0 Å². The fourth-order valence-corrected chi connectivity index (χ4v) is 6.02. The van der Waals surface area contributed by atoms with Crippen LogP contribution in [0.2, 0.25) is 0 Å². The average molecular weight is 478 g/mol. The van der Waals surface area contributed by atoms with Gasteiger partial charge in [0.1, 0.15) is 5.82 Å². The lowest BCUT2D eigenvalue weighted by Gasteiger charge is -2.34. The lowest BCUT2D eigenvalue weighted by molar-refractivity contribution is -0.131. The lowest BCUT2D eigenvalue weighted by Crippen LogP contribution is -2.44. The first-order valence-corrected chi connectivity index (χ1v) is 13.4. The van der Waals surface area contributed by atoms with Crippen molar-refractivity contribution in [1.82, 2.24) is 23.7 Å². The molecule has 0 spiro atoms. The molecule has 1 aromatic carbocycles. The van der Waals surface area contributed by atoms with Gasteiger partial charge in [0.25, 0.3) is 0 Å². The van der Waals surface area contributed by atoms with Crippen molar-refractivity contribution in [3.63, 3.8) is 0 Å². The molecule has 0 atom stereocenters. The van der Waals surface area contributed by atoms with E-state index in [9.17, 15) is 13.2 Å². The number of carbonyl (C=O) groups excluding carboxylic acids is 1. The first-order valence-electron chi connectivity index (χ1n) is 12.0. The number of sulfonamides is 1. The van der Waals surface area contributed by atoms with Crippen molar-refractivity contribution in [2.45, 2.75) is 64.3 Å². The molecule has 0 saturated carbocycles. The minimum atomic E-state index is -3.54. The van der Waals surface area contributed by atoms with Crippen LogP contribution in [0.4, 0.5) is 0 Å². The van der Waals surface area contributed by atoms with Crippen molar-refractivity contribution in [1.29, 1.82) is 0 Å². The molecule has 8 nitrogen and oxygen atoms in total. The Morgan fingerprint density at radius 2 is 1.79 bits per heavy atom. The SMILES string of the molecule is CCN(CC)S(=O)(=O)c1ccc2c(c1)nc(CCC(=O)N1CCCN(C(C)(C)C)CC1)n2C. The molecule has 1 aliphatic rings. The summed E-state index contributed by atoms with van der Waals surface area (Å²) in [5.74, 6) is 0.949. The maximum Gasteiger partial charge on any atom is 0.243 e. The number of hydrogen-bond acceptors (Lipinski definition) is 5. The van der Waals surface area contributed by atoms with E-state index in [1.165, 1.54) is 4.31 Å². The molecule has 0 radical (unpaired) electrons. The number of benzene rings is 1. The minimum absolute atomic E-state index is 0.115. The first-order chi connectivity index (χ1) is 15.5. The number of aryl methyl sites for hydroxylation is 2. The van der Waals surface area contributed by atoms with Gasteiger partial charge in [-0.15, -0.1) is 0 Å². The molecule has 2 heterocycles. The van der Waals surface area contributed by atoms with E-state index < -0.39 is 10.0 Å². The van der Waals surface area contributed by atoms with Gasteiger partial charge in [-0.05, 0) is 45.4 Å². The highest BCUT2D eigenvalue weighted by Gasteiger charge is 2.26. The molecule has 0 aliphatic carbocycles. The third-order valence-corrected chi connectivity index (χ3v) is 8.69. The quantitative estimate of drug-likeness (QED) is 0.613. The van der Waals surface area contributed by atoms with Crippen LogP contribution in [-0.4, -0.2) is 82.8 Å². The van der Waals surface area contributed by atoms with E-state index in [0.29, 0.717) is 31.4 Å². The van der Waals surface area contributed by atoms with Crippen LogP contribution in [0.3, 0.4) is 0 Å². The second kappa shape index (κ2) is 10.1. The summed E-state index contributed by atoms with van der Waals surface area (Å²) in [7, 11) is -1.62. The topological polar surface area (TPSA) is 78.8 Å². The van der Waals surface area contributed by atoms with Gasteiger partial charge in [-0.2, -0.15) is 4.31 Å². The third-order valence-electron chi connectivity index (χ3n) is 6.65. The normalized spacial score (nSPS) is 16.5. The van der Waals surface area contributed by atoms with Crippen LogP contribution in [0, 0.1) is 0 Å². The van der Waals surface area contributed by atoms with Gasteiger partial charge >= 0.3 is 0 Å². The standard InChI is InChI=1S/C24H39N5O3S/c1-7-29(8-2)33(31,32)19-10-11-21-20(18-19)25-22(26(21)6)12-13-23(30)27-14-9-15-28(17-16-27)24(3,4)5/h10-11,18H,7-9,12-17H2,1-6H3. The van der Waals surface area contributed by atoms with Crippen LogP contribution >= 0.6 is 0 Å². The molecule has 1 aliphatic heterocycles. The molecule has 2 aromatic rings. The van der Waals surface area contributed by atoms with E-state index in [1.807, 2.05) is 30.4 Å². The van der Waals surface area contributed by atoms with Crippen molar-refractivity contribution in [2.24, 2.45) is 7.05 Å². The molecule has 1 fully saturated rings. The molecule has 1 amide bonds. The fourth-order valence-electron chi connectivity index (χ4n) is 4.54. The molecule has 9 heteroatoms. The molecule has 1 aromatic heterocycles. The number of nitrogens with zero attached hydrogens (tertiary/aromatic N) is 5. The van der Waals surface area contributed by atoms with Gasteiger partial charge in [0.05, 0.1) is 15.9 Å². The number of carbonyl (C=O) groups is 1. The highest BCUT2D eigenvalue weighted by molar-refractivity contribution is 7.89. The Balaban J connectivity index is 1.71. The highest BCUT2D eigenvalue weighted by Crippen LogP contribution is 2.23. The summed E-state index contributed by atoms with van der Waals surface area (Å²) < 4.78 is 29.1. The van der Waals surface area contributed by atoms with Gasteiger partial charge in [0, 0.05) is 64.7 Å². The number of amides is 1. The molecule has 0 bridgehead atoms. The van der Waals surface area contributed by atoms with E-state index in [0.717, 1.165) is 43.9 Å². The maximum absolute atomic E-state index is 12.9. The summed E-state index contributed by atoms with van der Waals surface area (Å²) in [5.41, 5.74) is 1.62. The predicted molar refractivity (Wildman–Crippen MR) is 132 cm³/mol. The van der Waals surface area contributed by atoms with Crippen LogP contribution in [0.1, 0.15) is 53.3 Å². The highest BCUT2D eigenvalue weighted by atomic mass is 32.2. The molecule has 0 unspecified atom stereocenters. The van der Waals surface area contributed by atoms with Gasteiger partial charge in [-0.25, -0.2) is 13.4 Å². The average Bonchev–Trinajstić information content (AvgIpc) is 2.92. The molecular weight excluding hydrogens is 438 g/mol. The summed E-state index contributed by atoms with van der Waals surface area (Å²) in [6, 6.07) is 5.09. The van der Waals surface area contributed by atoms with Crippen LogP contribution < -0.4 is 0 Å². The van der Waals surface area contributed by atoms with Crippen molar-refractivity contribution >= 4 is 27.0 Å². The monoisotopic (exact) mass is 477 g/mol. The van der Waals surface area contributed by atoms with Gasteiger partial charge in [0.15, 0.2) is 0 Å². The van der Waals surface area contributed by atoms with Gasteiger partial charge in [0.2, 0.25) is 15.9 Å². The Labute approximate surface area is 198 Å². The molecule has 33 heavy (non-hydrogen) atoms. The summed E-state index contributed by atoms with van der Waals surface area (Å²) in [5, 5.41) is 0. The van der Waals surface area contributed by atoms with Crippen molar-refractivity contribution in [3.8, 4) is 0 Å². The van der Waals surface area contributed by atoms with E-state index in [-0.39, 0.29) is 16.3 Å². The Hall–Kier alpha value is -1.97.